The first kappa shape index (κ1) is 10.8. The molecule has 1 aliphatic rings. The molecule has 0 aromatic rings. The largest absolute Gasteiger partial charge is 0.493 e. The minimum Gasteiger partial charge on any atom is -0.493 e. The second-order valence-electron chi connectivity index (χ2n) is 2.84. The van der Waals surface area contributed by atoms with Crippen molar-refractivity contribution >= 4 is 5.97 Å². The molecule has 1 rings (SSSR count). The summed E-state index contributed by atoms with van der Waals surface area (Å²) < 4.78 is 10.1. The zero-order chi connectivity index (χ0) is 10.2. The molecule has 77 valence electrons. The number of carbonyl (C=O) groups excluding carboxylic acids is 1. The maximum atomic E-state index is 10.9. The average molecular weight is 195 g/mol. The lowest BCUT2D eigenvalue weighted by molar-refractivity contribution is -0.143. The van der Waals surface area contributed by atoms with Crippen molar-refractivity contribution in [2.75, 3.05) is 13.2 Å². The van der Waals surface area contributed by atoms with Crippen molar-refractivity contribution in [2.45, 2.75) is 19.8 Å². The molecule has 0 unspecified atom stereocenters. The Morgan fingerprint density at radius 2 is 2.43 bits per heavy atom. The van der Waals surface area contributed by atoms with Crippen molar-refractivity contribution in [3.05, 3.63) is 30.4 Å². The van der Waals surface area contributed by atoms with Gasteiger partial charge in [-0.15, -0.1) is 0 Å². The Bertz CT molecular complexity index is 241. The number of carbonyl (C=O) groups is 1. The normalized spacial score (nSPS) is 14.8. The first-order valence-corrected chi connectivity index (χ1v) is 4.81. The van der Waals surface area contributed by atoms with E-state index >= 15 is 0 Å². The van der Waals surface area contributed by atoms with Crippen LogP contribution in [0, 0.1) is 6.42 Å². The molecule has 0 N–H and O–H groups in total. The third-order valence-corrected chi connectivity index (χ3v) is 1.73. The summed E-state index contributed by atoms with van der Waals surface area (Å²) in [5.41, 5.74) is 0. The maximum Gasteiger partial charge on any atom is 0.309 e. The highest BCUT2D eigenvalue weighted by atomic mass is 16.5. The van der Waals surface area contributed by atoms with E-state index in [4.69, 9.17) is 9.47 Å². The number of hydrogen-bond acceptors (Lipinski definition) is 3. The van der Waals surface area contributed by atoms with E-state index in [9.17, 15) is 4.79 Å². The van der Waals surface area contributed by atoms with E-state index < -0.39 is 0 Å². The highest BCUT2D eigenvalue weighted by Gasteiger charge is 2.03. The van der Waals surface area contributed by atoms with E-state index in [1.165, 1.54) is 0 Å². The summed E-state index contributed by atoms with van der Waals surface area (Å²) in [5.74, 6) is 0.622. The zero-order valence-electron chi connectivity index (χ0n) is 8.36. The van der Waals surface area contributed by atoms with Crippen LogP contribution in [0.4, 0.5) is 0 Å². The van der Waals surface area contributed by atoms with E-state index in [0.29, 0.717) is 19.6 Å². The smallest absolute Gasteiger partial charge is 0.309 e. The molecule has 3 heteroatoms. The molecular formula is C11H15O3. The SMILES string of the molecule is CCOC(=O)CCOC1=CC[CH]C=C1. The molecule has 0 saturated carbocycles. The summed E-state index contributed by atoms with van der Waals surface area (Å²) in [7, 11) is 0. The van der Waals surface area contributed by atoms with E-state index in [0.717, 1.165) is 12.2 Å². The topological polar surface area (TPSA) is 35.5 Å². The number of ether oxygens (including phenoxy) is 2. The fourth-order valence-corrected chi connectivity index (χ4v) is 1.09. The van der Waals surface area contributed by atoms with Crippen molar-refractivity contribution in [1.82, 2.24) is 0 Å². The average Bonchev–Trinajstić information content (AvgIpc) is 2.20. The van der Waals surface area contributed by atoms with Crippen LogP contribution in [0.1, 0.15) is 19.8 Å². The number of allylic oxidation sites excluding steroid dienone is 3. The van der Waals surface area contributed by atoms with Gasteiger partial charge in [-0.3, -0.25) is 4.79 Å². The fraction of sp³-hybridized carbons (Fsp3) is 0.455. The van der Waals surface area contributed by atoms with E-state index in [1.807, 2.05) is 24.6 Å². The number of rotatable bonds is 5. The first-order chi connectivity index (χ1) is 6.83. The van der Waals surface area contributed by atoms with Crippen LogP contribution in [-0.2, 0) is 14.3 Å². The monoisotopic (exact) mass is 195 g/mol. The molecule has 1 radical (unpaired) electrons. The van der Waals surface area contributed by atoms with Crippen LogP contribution < -0.4 is 0 Å². The summed E-state index contributed by atoms with van der Waals surface area (Å²) >= 11 is 0. The van der Waals surface area contributed by atoms with Gasteiger partial charge >= 0.3 is 5.97 Å². The minimum atomic E-state index is -0.209. The van der Waals surface area contributed by atoms with Crippen molar-refractivity contribution in [3.8, 4) is 0 Å². The molecule has 0 aliphatic heterocycles. The molecule has 3 nitrogen and oxygen atoms in total. The van der Waals surface area contributed by atoms with Gasteiger partial charge in [-0.25, -0.2) is 0 Å². The third-order valence-electron chi connectivity index (χ3n) is 1.73. The van der Waals surface area contributed by atoms with Crippen LogP contribution in [0.5, 0.6) is 0 Å². The van der Waals surface area contributed by atoms with Crippen molar-refractivity contribution in [2.24, 2.45) is 0 Å². The van der Waals surface area contributed by atoms with Crippen LogP contribution in [0.25, 0.3) is 0 Å². The quantitative estimate of drug-likeness (QED) is 0.629. The predicted octanol–water partition coefficient (Wildman–Crippen LogP) is 2.00. The lowest BCUT2D eigenvalue weighted by atomic mass is 10.2. The molecule has 0 saturated heterocycles. The Morgan fingerprint density at radius 1 is 1.57 bits per heavy atom. The van der Waals surface area contributed by atoms with E-state index in [-0.39, 0.29) is 5.97 Å². The molecule has 0 aromatic heterocycles. The summed E-state index contributed by atoms with van der Waals surface area (Å²) in [6.07, 6.45) is 9.05. The van der Waals surface area contributed by atoms with Gasteiger partial charge < -0.3 is 9.47 Å². The van der Waals surface area contributed by atoms with Gasteiger partial charge in [0.25, 0.3) is 0 Å². The lowest BCUT2D eigenvalue weighted by Crippen LogP contribution is -2.07. The van der Waals surface area contributed by atoms with Gasteiger partial charge in [0, 0.05) is 0 Å². The Balaban J connectivity index is 2.11. The standard InChI is InChI=1S/C11H15O3/c1-2-13-11(12)8-9-14-10-6-4-3-5-7-10/h3-4,6-7H,2,5,8-9H2,1H3. The Labute approximate surface area is 84.4 Å². The number of esters is 1. The van der Waals surface area contributed by atoms with Crippen LogP contribution in [0.3, 0.4) is 0 Å². The van der Waals surface area contributed by atoms with Crippen LogP contribution in [0.2, 0.25) is 0 Å². The molecule has 1 aliphatic carbocycles. The van der Waals surface area contributed by atoms with Crippen molar-refractivity contribution in [3.63, 3.8) is 0 Å². The summed E-state index contributed by atoms with van der Waals surface area (Å²) in [4.78, 5) is 10.9. The molecule has 0 aromatic carbocycles. The predicted molar refractivity (Wildman–Crippen MR) is 53.3 cm³/mol. The molecule has 0 spiro atoms. The van der Waals surface area contributed by atoms with Crippen LogP contribution in [-0.4, -0.2) is 19.2 Å². The summed E-state index contributed by atoms with van der Waals surface area (Å²) in [6, 6.07) is 0. The van der Waals surface area contributed by atoms with Gasteiger partial charge in [0.15, 0.2) is 0 Å². The molecule has 0 atom stereocenters. The second kappa shape index (κ2) is 6.24. The molecule has 0 heterocycles. The summed E-state index contributed by atoms with van der Waals surface area (Å²) in [6.45, 7) is 2.60. The molecule has 14 heavy (non-hydrogen) atoms. The highest BCUT2D eigenvalue weighted by molar-refractivity contribution is 5.69. The molecule has 0 bridgehead atoms. The van der Waals surface area contributed by atoms with Crippen LogP contribution in [0.15, 0.2) is 24.0 Å². The van der Waals surface area contributed by atoms with E-state index in [2.05, 4.69) is 0 Å². The highest BCUT2D eigenvalue weighted by Crippen LogP contribution is 2.10. The Kier molecular flexibility index (Phi) is 4.83. The van der Waals surface area contributed by atoms with Gasteiger partial charge in [-0.1, -0.05) is 6.08 Å². The Morgan fingerprint density at radius 3 is 3.07 bits per heavy atom. The Hall–Kier alpha value is -1.25. The van der Waals surface area contributed by atoms with E-state index in [1.54, 1.807) is 6.92 Å². The molecular weight excluding hydrogens is 180 g/mol. The van der Waals surface area contributed by atoms with Crippen LogP contribution >= 0.6 is 0 Å². The summed E-state index contributed by atoms with van der Waals surface area (Å²) in [5, 5.41) is 0. The minimum absolute atomic E-state index is 0.209. The van der Waals surface area contributed by atoms with Gasteiger partial charge in [0.1, 0.15) is 5.76 Å². The van der Waals surface area contributed by atoms with Crippen molar-refractivity contribution < 1.29 is 14.3 Å². The third kappa shape index (κ3) is 4.12. The molecule has 0 amide bonds. The first-order valence-electron chi connectivity index (χ1n) is 4.81. The van der Waals surface area contributed by atoms with Gasteiger partial charge in [0.05, 0.1) is 19.6 Å². The van der Waals surface area contributed by atoms with Gasteiger partial charge in [0.2, 0.25) is 0 Å². The van der Waals surface area contributed by atoms with Gasteiger partial charge in [-0.2, -0.15) is 0 Å². The van der Waals surface area contributed by atoms with Gasteiger partial charge in [-0.05, 0) is 31.9 Å². The van der Waals surface area contributed by atoms with Crippen molar-refractivity contribution in [1.29, 1.82) is 0 Å². The fourth-order valence-electron chi connectivity index (χ4n) is 1.09. The zero-order valence-corrected chi connectivity index (χ0v) is 8.36. The second-order valence-corrected chi connectivity index (χ2v) is 2.84. The number of hydrogen-bond donors (Lipinski definition) is 0. The molecule has 0 fully saturated rings. The lowest BCUT2D eigenvalue weighted by Gasteiger charge is -2.08. The maximum absolute atomic E-state index is 10.9.